The number of unbranched alkanes of at least 4 members (excludes halogenated alkanes) is 8. The molecular formula is C18H32O2. The van der Waals surface area contributed by atoms with Gasteiger partial charge in [-0.15, -0.1) is 0 Å². The Morgan fingerprint density at radius 3 is 2.30 bits per heavy atom. The van der Waals surface area contributed by atoms with Crippen LogP contribution in [0.5, 0.6) is 0 Å². The Hall–Kier alpha value is -0.790. The topological polar surface area (TPSA) is 26.3 Å². The van der Waals surface area contributed by atoms with Crippen LogP contribution in [0.15, 0.2) is 12.2 Å². The summed E-state index contributed by atoms with van der Waals surface area (Å²) in [7, 11) is 0. The van der Waals surface area contributed by atoms with Crippen molar-refractivity contribution in [1.29, 1.82) is 0 Å². The molecule has 116 valence electrons. The first-order valence-corrected chi connectivity index (χ1v) is 8.67. The summed E-state index contributed by atoms with van der Waals surface area (Å²) in [5.74, 6) is -0.00571. The van der Waals surface area contributed by atoms with E-state index in [0.717, 1.165) is 12.8 Å². The number of allylic oxidation sites excluding steroid dienone is 2. The fourth-order valence-corrected chi connectivity index (χ4v) is 2.70. The minimum atomic E-state index is -0.00571. The van der Waals surface area contributed by atoms with Gasteiger partial charge in [0.2, 0.25) is 0 Å². The lowest BCUT2D eigenvalue weighted by Gasteiger charge is -2.07. The van der Waals surface area contributed by atoms with E-state index in [4.69, 9.17) is 4.74 Å². The summed E-state index contributed by atoms with van der Waals surface area (Å²) >= 11 is 0. The van der Waals surface area contributed by atoms with Crippen LogP contribution in [0, 0.1) is 0 Å². The van der Waals surface area contributed by atoms with Crippen LogP contribution in [0.1, 0.15) is 90.4 Å². The molecule has 1 fully saturated rings. The van der Waals surface area contributed by atoms with Crippen molar-refractivity contribution >= 4 is 5.97 Å². The Morgan fingerprint density at radius 2 is 1.65 bits per heavy atom. The molecule has 1 aliphatic heterocycles. The van der Waals surface area contributed by atoms with Crippen molar-refractivity contribution in [1.82, 2.24) is 0 Å². The summed E-state index contributed by atoms with van der Waals surface area (Å²) < 4.78 is 5.20. The van der Waals surface area contributed by atoms with Gasteiger partial charge >= 0.3 is 5.97 Å². The van der Waals surface area contributed by atoms with Crippen molar-refractivity contribution in [2.75, 3.05) is 0 Å². The molecule has 0 aromatic carbocycles. The minimum absolute atomic E-state index is 0.00571. The first kappa shape index (κ1) is 17.3. The highest BCUT2D eigenvalue weighted by Crippen LogP contribution is 2.19. The van der Waals surface area contributed by atoms with Crippen molar-refractivity contribution < 1.29 is 9.53 Å². The molecule has 0 radical (unpaired) electrons. The van der Waals surface area contributed by atoms with E-state index in [-0.39, 0.29) is 12.1 Å². The van der Waals surface area contributed by atoms with Gasteiger partial charge in [-0.05, 0) is 44.9 Å². The fraction of sp³-hybridized carbons (Fsp3) is 0.833. The molecular weight excluding hydrogens is 248 g/mol. The van der Waals surface area contributed by atoms with Crippen LogP contribution in [0.4, 0.5) is 0 Å². The van der Waals surface area contributed by atoms with Gasteiger partial charge in [0.25, 0.3) is 0 Å². The molecule has 0 bridgehead atoms. The minimum Gasteiger partial charge on any atom is -0.462 e. The van der Waals surface area contributed by atoms with E-state index in [2.05, 4.69) is 19.1 Å². The Bertz CT molecular complexity index is 271. The average Bonchev–Trinajstić information content (AvgIpc) is 2.86. The van der Waals surface area contributed by atoms with Crippen molar-refractivity contribution in [2.24, 2.45) is 0 Å². The van der Waals surface area contributed by atoms with Gasteiger partial charge in [0.15, 0.2) is 0 Å². The fourth-order valence-electron chi connectivity index (χ4n) is 2.70. The highest BCUT2D eigenvalue weighted by Gasteiger charge is 2.22. The van der Waals surface area contributed by atoms with Gasteiger partial charge in [-0.3, -0.25) is 4.79 Å². The van der Waals surface area contributed by atoms with Gasteiger partial charge in [0, 0.05) is 6.42 Å². The van der Waals surface area contributed by atoms with Crippen LogP contribution in [0.2, 0.25) is 0 Å². The number of carbonyl (C=O) groups excluding carboxylic acids is 1. The number of rotatable bonds is 12. The summed E-state index contributed by atoms with van der Waals surface area (Å²) in [5, 5.41) is 0. The molecule has 0 saturated carbocycles. The van der Waals surface area contributed by atoms with E-state index in [9.17, 15) is 4.79 Å². The molecule has 0 unspecified atom stereocenters. The third-order valence-electron chi connectivity index (χ3n) is 4.01. The van der Waals surface area contributed by atoms with Crippen molar-refractivity contribution in [3.05, 3.63) is 12.2 Å². The maximum atomic E-state index is 10.9. The maximum Gasteiger partial charge on any atom is 0.306 e. The molecule has 1 aliphatic rings. The second-order valence-corrected chi connectivity index (χ2v) is 5.96. The number of carbonyl (C=O) groups is 1. The highest BCUT2D eigenvalue weighted by atomic mass is 16.5. The Kier molecular flexibility index (Phi) is 10.3. The quantitative estimate of drug-likeness (QED) is 0.266. The molecule has 0 amide bonds. The molecule has 0 aromatic heterocycles. The van der Waals surface area contributed by atoms with Crippen molar-refractivity contribution in [3.8, 4) is 0 Å². The molecule has 20 heavy (non-hydrogen) atoms. The lowest BCUT2D eigenvalue weighted by molar-refractivity contribution is -0.141. The van der Waals surface area contributed by atoms with Gasteiger partial charge in [0.05, 0.1) is 0 Å². The third kappa shape index (κ3) is 9.17. The SMILES string of the molecule is CCCCCCCC/C=C/CCCC[C@@H]1CCC(=O)O1. The third-order valence-corrected chi connectivity index (χ3v) is 4.01. The Morgan fingerprint density at radius 1 is 1.00 bits per heavy atom. The summed E-state index contributed by atoms with van der Waals surface area (Å²) in [6.45, 7) is 2.26. The largest absolute Gasteiger partial charge is 0.462 e. The molecule has 0 aromatic rings. The van der Waals surface area contributed by atoms with Gasteiger partial charge in [0.1, 0.15) is 6.10 Å². The van der Waals surface area contributed by atoms with E-state index in [1.54, 1.807) is 0 Å². The molecule has 0 N–H and O–H groups in total. The molecule has 2 nitrogen and oxygen atoms in total. The molecule has 0 spiro atoms. The molecule has 2 heteroatoms. The smallest absolute Gasteiger partial charge is 0.306 e. The van der Waals surface area contributed by atoms with Crippen molar-refractivity contribution in [3.63, 3.8) is 0 Å². The lowest BCUT2D eigenvalue weighted by atomic mass is 10.1. The molecule has 1 saturated heterocycles. The van der Waals surface area contributed by atoms with Gasteiger partial charge in [-0.2, -0.15) is 0 Å². The predicted octanol–water partition coefficient (Wildman–Crippen LogP) is 5.56. The molecule has 0 aliphatic carbocycles. The van der Waals surface area contributed by atoms with E-state index >= 15 is 0 Å². The van der Waals surface area contributed by atoms with Gasteiger partial charge < -0.3 is 4.74 Å². The zero-order chi connectivity index (χ0) is 14.5. The first-order chi connectivity index (χ1) is 9.83. The summed E-state index contributed by atoms with van der Waals surface area (Å²) in [6, 6.07) is 0. The normalized spacial score (nSPS) is 18.9. The second kappa shape index (κ2) is 12.0. The van der Waals surface area contributed by atoms with Crippen LogP contribution in [-0.2, 0) is 9.53 Å². The lowest BCUT2D eigenvalue weighted by Crippen LogP contribution is -2.05. The Balaban J connectivity index is 1.79. The maximum absolute atomic E-state index is 10.9. The van der Waals surface area contributed by atoms with Crippen LogP contribution in [0.25, 0.3) is 0 Å². The van der Waals surface area contributed by atoms with Gasteiger partial charge in [-0.1, -0.05) is 51.2 Å². The average molecular weight is 280 g/mol. The van der Waals surface area contributed by atoms with Crippen LogP contribution in [-0.4, -0.2) is 12.1 Å². The Labute approximate surface area is 125 Å². The number of hydrogen-bond acceptors (Lipinski definition) is 2. The second-order valence-electron chi connectivity index (χ2n) is 5.96. The number of esters is 1. The number of ether oxygens (including phenoxy) is 1. The van der Waals surface area contributed by atoms with Crippen LogP contribution < -0.4 is 0 Å². The first-order valence-electron chi connectivity index (χ1n) is 8.67. The van der Waals surface area contributed by atoms with Crippen molar-refractivity contribution in [2.45, 2.75) is 96.5 Å². The molecule has 1 atom stereocenters. The standard InChI is InChI=1S/C18H32O2/c1-2-3-4-5-6-7-8-9-10-11-12-13-14-17-15-16-18(19)20-17/h9-10,17H,2-8,11-16H2,1H3/b10-9+/t17-/m1/s1. The number of cyclic esters (lactones) is 1. The van der Waals surface area contributed by atoms with Gasteiger partial charge in [-0.25, -0.2) is 0 Å². The number of hydrogen-bond donors (Lipinski definition) is 0. The molecule has 1 rings (SSSR count). The monoisotopic (exact) mass is 280 g/mol. The zero-order valence-corrected chi connectivity index (χ0v) is 13.2. The summed E-state index contributed by atoms with van der Waals surface area (Å²) in [5.41, 5.74) is 0. The molecule has 1 heterocycles. The van der Waals surface area contributed by atoms with Crippen LogP contribution >= 0.6 is 0 Å². The van der Waals surface area contributed by atoms with E-state index in [1.165, 1.54) is 64.2 Å². The summed E-state index contributed by atoms with van der Waals surface area (Å²) in [4.78, 5) is 10.9. The highest BCUT2D eigenvalue weighted by molar-refractivity contribution is 5.71. The predicted molar refractivity (Wildman–Crippen MR) is 84.7 cm³/mol. The summed E-state index contributed by atoms with van der Waals surface area (Å²) in [6.07, 6.45) is 20.6. The zero-order valence-electron chi connectivity index (χ0n) is 13.2. The van der Waals surface area contributed by atoms with E-state index in [1.807, 2.05) is 0 Å². The van der Waals surface area contributed by atoms with E-state index in [0.29, 0.717) is 6.42 Å². The van der Waals surface area contributed by atoms with E-state index < -0.39 is 0 Å². The van der Waals surface area contributed by atoms with Crippen LogP contribution in [0.3, 0.4) is 0 Å².